The van der Waals surface area contributed by atoms with Gasteiger partial charge in [0.15, 0.2) is 0 Å². The van der Waals surface area contributed by atoms with Crippen LogP contribution in [0.2, 0.25) is 0 Å². The highest BCUT2D eigenvalue weighted by Gasteiger charge is 2.16. The summed E-state index contributed by atoms with van der Waals surface area (Å²) < 4.78 is 10.6. The fraction of sp³-hybridized carbons (Fsp3) is 0.500. The Balaban J connectivity index is 1.42. The molecule has 7 nitrogen and oxygen atoms in total. The number of aryl methyl sites for hydroxylation is 1. The van der Waals surface area contributed by atoms with Crippen molar-refractivity contribution in [1.82, 2.24) is 20.4 Å². The Morgan fingerprint density at radius 2 is 2.04 bits per heavy atom. The molecule has 3 rings (SSSR count). The van der Waals surface area contributed by atoms with E-state index in [-0.39, 0.29) is 11.9 Å². The molecule has 0 saturated carbocycles. The van der Waals surface area contributed by atoms with E-state index in [1.165, 1.54) is 0 Å². The van der Waals surface area contributed by atoms with E-state index < -0.39 is 0 Å². The maximum absolute atomic E-state index is 12.1. The van der Waals surface area contributed by atoms with Gasteiger partial charge in [-0.3, -0.25) is 9.69 Å². The van der Waals surface area contributed by atoms with Crippen LogP contribution in [0.1, 0.15) is 19.2 Å². The van der Waals surface area contributed by atoms with Crippen LogP contribution in [0.5, 0.6) is 0 Å². The maximum Gasteiger partial charge on any atom is 0.227 e. The fourth-order valence-corrected chi connectivity index (χ4v) is 2.85. The Labute approximate surface area is 147 Å². The van der Waals surface area contributed by atoms with Gasteiger partial charge in [0.2, 0.25) is 17.6 Å². The number of nitrogens with one attached hydrogen (secondary N) is 1. The van der Waals surface area contributed by atoms with Gasteiger partial charge in [-0.05, 0) is 6.92 Å². The second-order valence-corrected chi connectivity index (χ2v) is 6.26. The second kappa shape index (κ2) is 8.73. The molecule has 1 N–H and O–H groups in total. The van der Waals surface area contributed by atoms with Crippen LogP contribution >= 0.6 is 0 Å². The summed E-state index contributed by atoms with van der Waals surface area (Å²) in [7, 11) is 0. The molecule has 0 spiro atoms. The second-order valence-electron chi connectivity index (χ2n) is 6.26. The number of benzene rings is 1. The molecule has 2 aromatic rings. The molecule has 1 amide bonds. The first-order valence-electron chi connectivity index (χ1n) is 8.68. The number of rotatable bonds is 7. The molecule has 25 heavy (non-hydrogen) atoms. The SMILES string of the molecule is C[C@@H](CN1CCOCC1)NC(=O)CCc1nc(-c2ccccc2)no1. The van der Waals surface area contributed by atoms with E-state index >= 15 is 0 Å². The first kappa shape index (κ1) is 17.6. The summed E-state index contributed by atoms with van der Waals surface area (Å²) in [5, 5.41) is 6.99. The Bertz CT molecular complexity index is 668. The third-order valence-corrected chi connectivity index (χ3v) is 4.11. The van der Waals surface area contributed by atoms with Gasteiger partial charge in [-0.15, -0.1) is 0 Å². The summed E-state index contributed by atoms with van der Waals surface area (Å²) in [5.74, 6) is 1.03. The zero-order chi connectivity index (χ0) is 17.5. The van der Waals surface area contributed by atoms with Crippen molar-refractivity contribution in [3.63, 3.8) is 0 Å². The van der Waals surface area contributed by atoms with E-state index in [0.29, 0.717) is 24.6 Å². The van der Waals surface area contributed by atoms with Gasteiger partial charge in [-0.1, -0.05) is 35.5 Å². The summed E-state index contributed by atoms with van der Waals surface area (Å²) >= 11 is 0. The number of carbonyl (C=O) groups is 1. The van der Waals surface area contributed by atoms with Gasteiger partial charge in [0, 0.05) is 44.1 Å². The predicted octanol–water partition coefficient (Wildman–Crippen LogP) is 1.51. The molecule has 0 unspecified atom stereocenters. The molecule has 7 heteroatoms. The molecule has 1 aromatic carbocycles. The molecule has 1 aliphatic heterocycles. The first-order valence-corrected chi connectivity index (χ1v) is 8.68. The summed E-state index contributed by atoms with van der Waals surface area (Å²) in [4.78, 5) is 18.8. The molecular weight excluding hydrogens is 320 g/mol. The molecule has 1 aromatic heterocycles. The summed E-state index contributed by atoms with van der Waals surface area (Å²) in [6.07, 6.45) is 0.778. The van der Waals surface area contributed by atoms with Crippen molar-refractivity contribution >= 4 is 5.91 Å². The normalized spacial score (nSPS) is 16.5. The van der Waals surface area contributed by atoms with Gasteiger partial charge >= 0.3 is 0 Å². The van der Waals surface area contributed by atoms with Gasteiger partial charge in [0.25, 0.3) is 0 Å². The Hall–Kier alpha value is -2.25. The van der Waals surface area contributed by atoms with Crippen molar-refractivity contribution in [1.29, 1.82) is 0 Å². The van der Waals surface area contributed by atoms with Crippen LogP contribution in [-0.4, -0.2) is 59.8 Å². The predicted molar refractivity (Wildman–Crippen MR) is 92.9 cm³/mol. The summed E-state index contributed by atoms with van der Waals surface area (Å²) in [5.41, 5.74) is 0.904. The highest BCUT2D eigenvalue weighted by Crippen LogP contribution is 2.15. The molecule has 0 bridgehead atoms. The molecule has 2 heterocycles. The van der Waals surface area contributed by atoms with Crippen LogP contribution in [0.15, 0.2) is 34.9 Å². The lowest BCUT2D eigenvalue weighted by Gasteiger charge is -2.29. The highest BCUT2D eigenvalue weighted by molar-refractivity contribution is 5.76. The van der Waals surface area contributed by atoms with Gasteiger partial charge in [-0.25, -0.2) is 0 Å². The van der Waals surface area contributed by atoms with Crippen molar-refractivity contribution in [3.05, 3.63) is 36.2 Å². The van der Waals surface area contributed by atoms with Crippen LogP contribution in [0.3, 0.4) is 0 Å². The lowest BCUT2D eigenvalue weighted by molar-refractivity contribution is -0.121. The summed E-state index contributed by atoms with van der Waals surface area (Å²) in [6, 6.07) is 9.74. The third kappa shape index (κ3) is 5.37. The monoisotopic (exact) mass is 344 g/mol. The van der Waals surface area contributed by atoms with E-state index in [4.69, 9.17) is 9.26 Å². The lowest BCUT2D eigenvalue weighted by atomic mass is 10.2. The Kier molecular flexibility index (Phi) is 6.14. The quantitative estimate of drug-likeness (QED) is 0.820. The topological polar surface area (TPSA) is 80.5 Å². The van der Waals surface area contributed by atoms with E-state index in [1.807, 2.05) is 37.3 Å². The largest absolute Gasteiger partial charge is 0.379 e. The van der Waals surface area contributed by atoms with Crippen LogP contribution in [0.4, 0.5) is 0 Å². The van der Waals surface area contributed by atoms with Crippen LogP contribution in [-0.2, 0) is 16.0 Å². The molecule has 1 atom stereocenters. The minimum absolute atomic E-state index is 0.000204. The maximum atomic E-state index is 12.1. The average molecular weight is 344 g/mol. The number of morpholine rings is 1. The highest BCUT2D eigenvalue weighted by atomic mass is 16.5. The first-order chi connectivity index (χ1) is 12.2. The van der Waals surface area contributed by atoms with Crippen LogP contribution in [0.25, 0.3) is 11.4 Å². The zero-order valence-electron chi connectivity index (χ0n) is 14.5. The fourth-order valence-electron chi connectivity index (χ4n) is 2.85. The Morgan fingerprint density at radius 3 is 2.80 bits per heavy atom. The van der Waals surface area contributed by atoms with Crippen molar-refractivity contribution in [2.45, 2.75) is 25.8 Å². The van der Waals surface area contributed by atoms with Crippen molar-refractivity contribution in [3.8, 4) is 11.4 Å². The number of hydrogen-bond donors (Lipinski definition) is 1. The molecule has 1 aliphatic rings. The van der Waals surface area contributed by atoms with Crippen LogP contribution in [0, 0.1) is 0 Å². The van der Waals surface area contributed by atoms with Crippen molar-refractivity contribution < 1.29 is 14.1 Å². The van der Waals surface area contributed by atoms with E-state index in [1.54, 1.807) is 0 Å². The van der Waals surface area contributed by atoms with E-state index in [0.717, 1.165) is 38.4 Å². The van der Waals surface area contributed by atoms with Gasteiger partial charge < -0.3 is 14.6 Å². The molecule has 134 valence electrons. The molecular formula is C18H24N4O3. The average Bonchev–Trinajstić information content (AvgIpc) is 3.10. The minimum atomic E-state index is 0.000204. The third-order valence-electron chi connectivity index (χ3n) is 4.11. The molecule has 1 fully saturated rings. The summed E-state index contributed by atoms with van der Waals surface area (Å²) in [6.45, 7) is 6.24. The van der Waals surface area contributed by atoms with E-state index in [9.17, 15) is 4.79 Å². The number of carbonyl (C=O) groups excluding carboxylic acids is 1. The van der Waals surface area contributed by atoms with Gasteiger partial charge in [-0.2, -0.15) is 4.98 Å². The van der Waals surface area contributed by atoms with Crippen molar-refractivity contribution in [2.75, 3.05) is 32.8 Å². The molecule has 0 aliphatic carbocycles. The van der Waals surface area contributed by atoms with Crippen molar-refractivity contribution in [2.24, 2.45) is 0 Å². The molecule has 1 saturated heterocycles. The smallest absolute Gasteiger partial charge is 0.227 e. The Morgan fingerprint density at radius 1 is 1.28 bits per heavy atom. The lowest BCUT2D eigenvalue weighted by Crippen LogP contribution is -2.46. The number of hydrogen-bond acceptors (Lipinski definition) is 6. The van der Waals surface area contributed by atoms with Gasteiger partial charge in [0.05, 0.1) is 13.2 Å². The minimum Gasteiger partial charge on any atom is -0.379 e. The van der Waals surface area contributed by atoms with Crippen LogP contribution < -0.4 is 5.32 Å². The standard InChI is InChI=1S/C18H24N4O3/c1-14(13-22-9-11-24-12-10-22)19-16(23)7-8-17-20-18(21-25-17)15-5-3-2-4-6-15/h2-6,14H,7-13H2,1H3,(H,19,23)/t14-/m0/s1. The number of nitrogens with zero attached hydrogens (tertiary/aromatic N) is 3. The molecule has 0 radical (unpaired) electrons. The van der Waals surface area contributed by atoms with E-state index in [2.05, 4.69) is 20.4 Å². The zero-order valence-corrected chi connectivity index (χ0v) is 14.5. The number of ether oxygens (including phenoxy) is 1. The number of aromatic nitrogens is 2. The van der Waals surface area contributed by atoms with Gasteiger partial charge in [0.1, 0.15) is 0 Å². The number of amides is 1.